The van der Waals surface area contributed by atoms with Crippen molar-refractivity contribution in [2.24, 2.45) is 0 Å². The first kappa shape index (κ1) is 13.4. The summed E-state index contributed by atoms with van der Waals surface area (Å²) in [7, 11) is 0. The first-order valence-corrected chi connectivity index (χ1v) is 7.17. The van der Waals surface area contributed by atoms with Crippen molar-refractivity contribution in [2.75, 3.05) is 5.32 Å². The van der Waals surface area contributed by atoms with E-state index in [1.54, 1.807) is 16.9 Å². The lowest BCUT2D eigenvalue weighted by Crippen LogP contribution is -2.13. The SMILES string of the molecule is Cc1cc(C)n2cnc(C(=O)Nc3ccc4cn[nH]c4c3)c2n1. The van der Waals surface area contributed by atoms with Gasteiger partial charge in [0.15, 0.2) is 11.3 Å². The predicted molar refractivity (Wildman–Crippen MR) is 86.5 cm³/mol. The number of hydrogen-bond donors (Lipinski definition) is 2. The lowest BCUT2D eigenvalue weighted by Gasteiger charge is -2.05. The van der Waals surface area contributed by atoms with Crippen LogP contribution in [0.4, 0.5) is 5.69 Å². The van der Waals surface area contributed by atoms with Crippen molar-refractivity contribution in [3.8, 4) is 0 Å². The van der Waals surface area contributed by atoms with E-state index in [1.807, 2.05) is 38.1 Å². The number of carbonyl (C=O) groups excluding carboxylic acids is 1. The molecule has 0 aliphatic rings. The van der Waals surface area contributed by atoms with Gasteiger partial charge in [0.25, 0.3) is 5.91 Å². The number of benzene rings is 1. The fourth-order valence-corrected chi connectivity index (χ4v) is 2.64. The molecule has 0 saturated carbocycles. The van der Waals surface area contributed by atoms with Gasteiger partial charge < -0.3 is 5.32 Å². The molecule has 0 spiro atoms. The Kier molecular flexibility index (Phi) is 2.87. The minimum absolute atomic E-state index is 0.288. The summed E-state index contributed by atoms with van der Waals surface area (Å²) in [6.07, 6.45) is 3.35. The molecule has 0 bridgehead atoms. The molecule has 2 N–H and O–H groups in total. The molecule has 0 aliphatic carbocycles. The standard InChI is InChI=1S/C16H14N6O/c1-9-5-10(2)22-8-17-14(15(22)19-9)16(23)20-12-4-3-11-7-18-21-13(11)6-12/h3-8H,1-2H3,(H,18,21)(H,20,23). The molecule has 4 aromatic rings. The Labute approximate surface area is 131 Å². The number of H-pyrrole nitrogens is 1. The molecule has 3 heterocycles. The fraction of sp³-hybridized carbons (Fsp3) is 0.125. The van der Waals surface area contributed by atoms with Crippen molar-refractivity contribution in [1.29, 1.82) is 0 Å². The molecule has 7 heteroatoms. The van der Waals surface area contributed by atoms with Crippen LogP contribution in [0.25, 0.3) is 16.6 Å². The predicted octanol–water partition coefficient (Wildman–Crippen LogP) is 2.47. The summed E-state index contributed by atoms with van der Waals surface area (Å²) in [5, 5.41) is 10.7. The molecule has 4 rings (SSSR count). The summed E-state index contributed by atoms with van der Waals surface area (Å²) in [5.74, 6) is -0.288. The van der Waals surface area contributed by atoms with Gasteiger partial charge in [-0.05, 0) is 38.1 Å². The molecule has 114 valence electrons. The van der Waals surface area contributed by atoms with E-state index in [1.165, 1.54) is 0 Å². The van der Waals surface area contributed by atoms with Gasteiger partial charge in [-0.2, -0.15) is 5.10 Å². The molecule has 0 atom stereocenters. The number of carbonyl (C=O) groups is 1. The third-order valence-corrected chi connectivity index (χ3v) is 3.74. The summed E-state index contributed by atoms with van der Waals surface area (Å²) in [4.78, 5) is 21.2. The molecule has 7 nitrogen and oxygen atoms in total. The smallest absolute Gasteiger partial charge is 0.278 e. The molecule has 3 aromatic heterocycles. The number of aryl methyl sites for hydroxylation is 2. The van der Waals surface area contributed by atoms with Gasteiger partial charge in [-0.25, -0.2) is 9.97 Å². The number of amides is 1. The maximum Gasteiger partial charge on any atom is 0.278 e. The molecule has 1 aromatic carbocycles. The minimum Gasteiger partial charge on any atom is -0.320 e. The van der Waals surface area contributed by atoms with E-state index in [9.17, 15) is 4.79 Å². The number of rotatable bonds is 2. The highest BCUT2D eigenvalue weighted by Crippen LogP contribution is 2.18. The summed E-state index contributed by atoms with van der Waals surface area (Å²) in [6.45, 7) is 3.85. The second-order valence-electron chi connectivity index (χ2n) is 5.45. The van der Waals surface area contributed by atoms with Crippen LogP contribution in [0.2, 0.25) is 0 Å². The average Bonchev–Trinajstić information content (AvgIpc) is 3.12. The minimum atomic E-state index is -0.288. The molecular weight excluding hydrogens is 292 g/mol. The first-order valence-electron chi connectivity index (χ1n) is 7.17. The maximum absolute atomic E-state index is 12.5. The third kappa shape index (κ3) is 2.22. The van der Waals surface area contributed by atoms with E-state index in [4.69, 9.17) is 0 Å². The highest BCUT2D eigenvalue weighted by molar-refractivity contribution is 6.07. The zero-order valence-corrected chi connectivity index (χ0v) is 12.7. The molecule has 0 radical (unpaired) electrons. The van der Waals surface area contributed by atoms with Crippen LogP contribution < -0.4 is 5.32 Å². The highest BCUT2D eigenvalue weighted by Gasteiger charge is 2.16. The molecular formula is C16H14N6O. The molecule has 0 unspecified atom stereocenters. The van der Waals surface area contributed by atoms with Crippen LogP contribution in [0.3, 0.4) is 0 Å². The van der Waals surface area contributed by atoms with Gasteiger partial charge in [-0.1, -0.05) is 0 Å². The van der Waals surface area contributed by atoms with Crippen LogP contribution in [0.1, 0.15) is 21.9 Å². The summed E-state index contributed by atoms with van der Waals surface area (Å²) >= 11 is 0. The quantitative estimate of drug-likeness (QED) is 0.595. The lowest BCUT2D eigenvalue weighted by molar-refractivity contribution is 0.102. The second kappa shape index (κ2) is 4.91. The van der Waals surface area contributed by atoms with Crippen molar-refractivity contribution >= 4 is 28.1 Å². The van der Waals surface area contributed by atoms with E-state index in [2.05, 4.69) is 25.5 Å². The van der Waals surface area contributed by atoms with Crippen molar-refractivity contribution in [2.45, 2.75) is 13.8 Å². The van der Waals surface area contributed by atoms with Gasteiger partial charge in [0.2, 0.25) is 0 Å². The number of imidazole rings is 1. The molecule has 0 aliphatic heterocycles. The molecule has 23 heavy (non-hydrogen) atoms. The third-order valence-electron chi connectivity index (χ3n) is 3.74. The monoisotopic (exact) mass is 306 g/mol. The van der Waals surface area contributed by atoms with E-state index in [0.29, 0.717) is 17.0 Å². The van der Waals surface area contributed by atoms with Crippen molar-refractivity contribution in [3.05, 3.63) is 53.9 Å². The number of anilines is 1. The van der Waals surface area contributed by atoms with Crippen molar-refractivity contribution in [1.82, 2.24) is 24.6 Å². The Bertz CT molecular complexity index is 1050. The van der Waals surface area contributed by atoms with Gasteiger partial charge in [0.1, 0.15) is 6.33 Å². The summed E-state index contributed by atoms with van der Waals surface area (Å²) < 4.78 is 1.81. The second-order valence-corrected chi connectivity index (χ2v) is 5.45. The van der Waals surface area contributed by atoms with Gasteiger partial charge >= 0.3 is 0 Å². The fourth-order valence-electron chi connectivity index (χ4n) is 2.64. The van der Waals surface area contributed by atoms with E-state index < -0.39 is 0 Å². The zero-order valence-electron chi connectivity index (χ0n) is 12.7. The summed E-state index contributed by atoms with van der Waals surface area (Å²) in [5.41, 5.74) is 4.24. The first-order chi connectivity index (χ1) is 11.1. The Morgan fingerprint density at radius 1 is 1.26 bits per heavy atom. The lowest BCUT2D eigenvalue weighted by atomic mass is 10.2. The van der Waals surface area contributed by atoms with E-state index >= 15 is 0 Å². The number of nitrogens with one attached hydrogen (secondary N) is 2. The van der Waals surface area contributed by atoms with Crippen LogP contribution in [-0.4, -0.2) is 30.5 Å². The van der Waals surface area contributed by atoms with Gasteiger partial charge in [0, 0.05) is 22.5 Å². The van der Waals surface area contributed by atoms with E-state index in [0.717, 1.165) is 22.3 Å². The van der Waals surface area contributed by atoms with E-state index in [-0.39, 0.29) is 5.91 Å². The Hall–Kier alpha value is -3.22. The van der Waals surface area contributed by atoms with Gasteiger partial charge in [-0.15, -0.1) is 0 Å². The largest absolute Gasteiger partial charge is 0.320 e. The van der Waals surface area contributed by atoms with Crippen molar-refractivity contribution < 1.29 is 4.79 Å². The molecule has 1 amide bonds. The van der Waals surface area contributed by atoms with Crippen LogP contribution in [0.5, 0.6) is 0 Å². The van der Waals surface area contributed by atoms with Crippen molar-refractivity contribution in [3.63, 3.8) is 0 Å². The van der Waals surface area contributed by atoms with Crippen LogP contribution in [-0.2, 0) is 0 Å². The van der Waals surface area contributed by atoms with Crippen LogP contribution >= 0.6 is 0 Å². The molecule has 0 fully saturated rings. The number of fused-ring (bicyclic) bond motifs is 2. The summed E-state index contributed by atoms with van der Waals surface area (Å²) in [6, 6.07) is 7.51. The Balaban J connectivity index is 1.71. The number of nitrogens with zero attached hydrogens (tertiary/aromatic N) is 4. The molecule has 0 saturated heterocycles. The van der Waals surface area contributed by atoms with Crippen LogP contribution in [0, 0.1) is 13.8 Å². The Morgan fingerprint density at radius 3 is 3.00 bits per heavy atom. The average molecular weight is 306 g/mol. The zero-order chi connectivity index (χ0) is 16.0. The maximum atomic E-state index is 12.5. The van der Waals surface area contributed by atoms with Gasteiger partial charge in [0.05, 0.1) is 11.7 Å². The number of aromatic nitrogens is 5. The van der Waals surface area contributed by atoms with Crippen LogP contribution in [0.15, 0.2) is 36.8 Å². The number of hydrogen-bond acceptors (Lipinski definition) is 4. The Morgan fingerprint density at radius 2 is 2.13 bits per heavy atom. The highest BCUT2D eigenvalue weighted by atomic mass is 16.1. The normalized spacial score (nSPS) is 11.2. The topological polar surface area (TPSA) is 88.0 Å². The van der Waals surface area contributed by atoms with Gasteiger partial charge in [-0.3, -0.25) is 14.3 Å². The number of aromatic amines is 1.